The molecule has 2 aromatic rings. The highest BCUT2D eigenvalue weighted by atomic mass is 16.2. The Morgan fingerprint density at radius 3 is 2.36 bits per heavy atom. The summed E-state index contributed by atoms with van der Waals surface area (Å²) in [7, 11) is 0. The van der Waals surface area contributed by atoms with Crippen molar-refractivity contribution in [1.29, 1.82) is 0 Å². The minimum absolute atomic E-state index is 0.207. The number of imide groups is 2. The summed E-state index contributed by atoms with van der Waals surface area (Å²) >= 11 is 0. The Balaban J connectivity index is 1.98. The van der Waals surface area contributed by atoms with E-state index >= 15 is 0 Å². The highest BCUT2D eigenvalue weighted by molar-refractivity contribution is 6.35. The van der Waals surface area contributed by atoms with Gasteiger partial charge in [0.1, 0.15) is 0 Å². The van der Waals surface area contributed by atoms with E-state index in [1.165, 1.54) is 0 Å². The molecular formula is C22H23N3O3. The van der Waals surface area contributed by atoms with Crippen LogP contribution in [0.3, 0.4) is 0 Å². The van der Waals surface area contributed by atoms with Gasteiger partial charge >= 0.3 is 6.03 Å². The van der Waals surface area contributed by atoms with Gasteiger partial charge < -0.3 is 0 Å². The molecule has 0 saturated carbocycles. The van der Waals surface area contributed by atoms with Crippen LogP contribution in [-0.2, 0) is 9.59 Å². The molecule has 1 N–H and O–H groups in total. The number of nitrogens with one attached hydrogen (secondary N) is 1. The minimum Gasteiger partial charge on any atom is -0.285 e. The largest absolute Gasteiger partial charge is 0.335 e. The lowest BCUT2D eigenvalue weighted by Crippen LogP contribution is -2.60. The summed E-state index contributed by atoms with van der Waals surface area (Å²) in [5.41, 5.74) is 2.69. The minimum atomic E-state index is -1.12. The summed E-state index contributed by atoms with van der Waals surface area (Å²) in [5, 5.41) is 2.31. The molecule has 6 heteroatoms. The van der Waals surface area contributed by atoms with Crippen LogP contribution in [0.5, 0.6) is 0 Å². The Morgan fingerprint density at radius 2 is 1.71 bits per heavy atom. The number of para-hydroxylation sites is 1. The maximum atomic E-state index is 13.2. The number of anilines is 1. The summed E-state index contributed by atoms with van der Waals surface area (Å²) in [6, 6.07) is 15.8. The molecule has 1 aliphatic heterocycles. The summed E-state index contributed by atoms with van der Waals surface area (Å²) < 4.78 is 0. The molecular weight excluding hydrogens is 354 g/mol. The van der Waals surface area contributed by atoms with Gasteiger partial charge in [0.2, 0.25) is 5.91 Å². The molecule has 2 aromatic carbocycles. The van der Waals surface area contributed by atoms with Gasteiger partial charge in [-0.25, -0.2) is 9.69 Å². The first-order valence-corrected chi connectivity index (χ1v) is 9.30. The lowest BCUT2D eigenvalue weighted by Gasteiger charge is -2.31. The van der Waals surface area contributed by atoms with Gasteiger partial charge in [-0.3, -0.25) is 19.9 Å². The monoisotopic (exact) mass is 377 g/mol. The van der Waals surface area contributed by atoms with Gasteiger partial charge in [-0.05, 0) is 37.5 Å². The average molecular weight is 377 g/mol. The van der Waals surface area contributed by atoms with Crippen LogP contribution in [0.25, 0.3) is 0 Å². The van der Waals surface area contributed by atoms with E-state index < -0.39 is 23.8 Å². The Kier molecular flexibility index (Phi) is 5.68. The van der Waals surface area contributed by atoms with E-state index in [0.717, 1.165) is 16.0 Å². The molecule has 2 atom stereocenters. The van der Waals surface area contributed by atoms with Gasteiger partial charge in [-0.15, -0.1) is 0 Å². The smallest absolute Gasteiger partial charge is 0.285 e. The molecule has 28 heavy (non-hydrogen) atoms. The first-order chi connectivity index (χ1) is 13.4. The molecule has 0 aliphatic carbocycles. The molecule has 0 bridgehead atoms. The van der Waals surface area contributed by atoms with Crippen LogP contribution in [-0.4, -0.2) is 23.6 Å². The quantitative estimate of drug-likeness (QED) is 0.636. The molecule has 3 rings (SSSR count). The second-order valence-corrected chi connectivity index (χ2v) is 6.75. The van der Waals surface area contributed by atoms with E-state index in [0.29, 0.717) is 17.8 Å². The Labute approximate surface area is 164 Å². The van der Waals surface area contributed by atoms with Crippen LogP contribution >= 0.6 is 0 Å². The molecule has 1 unspecified atom stereocenters. The zero-order valence-corrected chi connectivity index (χ0v) is 16.2. The lowest BCUT2D eigenvalue weighted by molar-refractivity contribution is -0.131. The number of nitrogens with zero attached hydrogens (tertiary/aromatic N) is 2. The standard InChI is InChI=1S/C22H23N3O3/c1-4-17(23-15(3)16-11-6-5-7-12-16)19-20(26)24-22(28)25(21(19)27)18-13-9-8-10-14(18)2/h5-13,15,19H,4H2,1-3H3,(H,24,26,28)/t15-,19?/m1/s1. The fourth-order valence-corrected chi connectivity index (χ4v) is 3.34. The van der Waals surface area contributed by atoms with Gasteiger partial charge in [-0.2, -0.15) is 0 Å². The summed E-state index contributed by atoms with van der Waals surface area (Å²) in [4.78, 5) is 43.8. The number of aliphatic imine (C=N–C) groups is 1. The Morgan fingerprint density at radius 1 is 1.07 bits per heavy atom. The van der Waals surface area contributed by atoms with E-state index in [2.05, 4.69) is 10.3 Å². The Bertz CT molecular complexity index is 937. The maximum absolute atomic E-state index is 13.2. The third kappa shape index (κ3) is 3.71. The second-order valence-electron chi connectivity index (χ2n) is 6.75. The van der Waals surface area contributed by atoms with Gasteiger partial charge in [0.25, 0.3) is 5.91 Å². The van der Waals surface area contributed by atoms with E-state index in [-0.39, 0.29) is 6.04 Å². The van der Waals surface area contributed by atoms with Crippen molar-refractivity contribution in [3.8, 4) is 0 Å². The van der Waals surface area contributed by atoms with Crippen molar-refractivity contribution in [1.82, 2.24) is 5.32 Å². The first kappa shape index (κ1) is 19.5. The topological polar surface area (TPSA) is 78.8 Å². The molecule has 1 saturated heterocycles. The number of carbonyl (C=O) groups is 3. The van der Waals surface area contributed by atoms with Crippen molar-refractivity contribution < 1.29 is 14.4 Å². The number of amides is 4. The number of barbiturate groups is 1. The molecule has 144 valence electrons. The molecule has 0 spiro atoms. The third-order valence-electron chi connectivity index (χ3n) is 4.86. The predicted molar refractivity (Wildman–Crippen MR) is 108 cm³/mol. The molecule has 6 nitrogen and oxygen atoms in total. The molecule has 1 aliphatic rings. The van der Waals surface area contributed by atoms with Crippen molar-refractivity contribution in [2.45, 2.75) is 33.2 Å². The van der Waals surface area contributed by atoms with E-state index in [4.69, 9.17) is 0 Å². The molecule has 0 radical (unpaired) electrons. The van der Waals surface area contributed by atoms with Gasteiger partial charge in [0.05, 0.1) is 11.7 Å². The van der Waals surface area contributed by atoms with Crippen molar-refractivity contribution in [2.24, 2.45) is 10.9 Å². The number of aryl methyl sites for hydroxylation is 1. The van der Waals surface area contributed by atoms with E-state index in [1.807, 2.05) is 63.2 Å². The third-order valence-corrected chi connectivity index (χ3v) is 4.86. The van der Waals surface area contributed by atoms with E-state index in [9.17, 15) is 14.4 Å². The SMILES string of the molecule is CCC(=N[C@H](C)c1ccccc1)C1C(=O)NC(=O)N(c2ccccc2C)C1=O. The number of urea groups is 1. The predicted octanol–water partition coefficient (Wildman–Crippen LogP) is 3.81. The fraction of sp³-hybridized carbons (Fsp3) is 0.273. The number of hydrogen-bond donors (Lipinski definition) is 1. The van der Waals surface area contributed by atoms with Crippen LogP contribution in [0, 0.1) is 12.8 Å². The highest BCUT2D eigenvalue weighted by Gasteiger charge is 2.44. The molecule has 4 amide bonds. The van der Waals surface area contributed by atoms with E-state index in [1.54, 1.807) is 12.1 Å². The van der Waals surface area contributed by atoms with Crippen LogP contribution in [0.2, 0.25) is 0 Å². The molecule has 1 fully saturated rings. The van der Waals surface area contributed by atoms with Crippen molar-refractivity contribution >= 4 is 29.2 Å². The van der Waals surface area contributed by atoms with Crippen LogP contribution in [0.1, 0.15) is 37.4 Å². The maximum Gasteiger partial charge on any atom is 0.335 e. The molecule has 1 heterocycles. The van der Waals surface area contributed by atoms with Crippen molar-refractivity contribution in [2.75, 3.05) is 4.90 Å². The van der Waals surface area contributed by atoms with Gasteiger partial charge in [0, 0.05) is 5.71 Å². The summed E-state index contributed by atoms with van der Waals surface area (Å²) in [6.07, 6.45) is 0.427. The zero-order chi connectivity index (χ0) is 20.3. The van der Waals surface area contributed by atoms with Crippen molar-refractivity contribution in [3.63, 3.8) is 0 Å². The summed E-state index contributed by atoms with van der Waals surface area (Å²) in [6.45, 7) is 5.58. The average Bonchev–Trinajstić information content (AvgIpc) is 2.68. The lowest BCUT2D eigenvalue weighted by atomic mass is 9.95. The number of rotatable bonds is 5. The molecule has 0 aromatic heterocycles. The van der Waals surface area contributed by atoms with Crippen LogP contribution in [0.4, 0.5) is 10.5 Å². The van der Waals surface area contributed by atoms with Gasteiger partial charge in [-0.1, -0.05) is 55.5 Å². The highest BCUT2D eigenvalue weighted by Crippen LogP contribution is 2.26. The number of hydrogen-bond acceptors (Lipinski definition) is 4. The van der Waals surface area contributed by atoms with Gasteiger partial charge in [0.15, 0.2) is 5.92 Å². The normalized spacial score (nSPS) is 18.8. The van der Waals surface area contributed by atoms with Crippen LogP contribution < -0.4 is 10.2 Å². The zero-order valence-electron chi connectivity index (χ0n) is 16.2. The second kappa shape index (κ2) is 8.17. The number of carbonyl (C=O) groups excluding carboxylic acids is 3. The Hall–Kier alpha value is -3.28. The van der Waals surface area contributed by atoms with Crippen molar-refractivity contribution in [3.05, 3.63) is 65.7 Å². The first-order valence-electron chi connectivity index (χ1n) is 9.30. The fourth-order valence-electron chi connectivity index (χ4n) is 3.34. The number of benzene rings is 2. The van der Waals surface area contributed by atoms with Crippen LogP contribution in [0.15, 0.2) is 59.6 Å². The summed E-state index contributed by atoms with van der Waals surface area (Å²) in [5.74, 6) is -2.31.